The second kappa shape index (κ2) is 8.90. The lowest BCUT2D eigenvalue weighted by Gasteiger charge is -2.27. The van der Waals surface area contributed by atoms with Crippen LogP contribution in [0.15, 0.2) is 42.5 Å². The van der Waals surface area contributed by atoms with E-state index < -0.39 is 0 Å². The Bertz CT molecular complexity index is 928. The van der Waals surface area contributed by atoms with Crippen molar-refractivity contribution in [3.8, 4) is 6.07 Å². The number of nitrogens with zero attached hydrogens (tertiary/aromatic N) is 1. The number of halogens is 1. The molecule has 0 spiro atoms. The molecule has 1 aliphatic carbocycles. The van der Waals surface area contributed by atoms with Crippen LogP contribution in [0, 0.1) is 30.1 Å². The number of carbonyl (C=O) groups is 2. The van der Waals surface area contributed by atoms with E-state index in [1.165, 1.54) is 0 Å². The van der Waals surface area contributed by atoms with Crippen LogP contribution in [-0.4, -0.2) is 11.8 Å². The van der Waals surface area contributed by atoms with Gasteiger partial charge in [-0.25, -0.2) is 0 Å². The minimum absolute atomic E-state index is 0.0273. The van der Waals surface area contributed by atoms with Crippen molar-refractivity contribution < 1.29 is 9.59 Å². The Morgan fingerprint density at radius 1 is 0.964 bits per heavy atom. The fraction of sp³-hybridized carbons (Fsp3) is 0.318. The van der Waals surface area contributed by atoms with Gasteiger partial charge in [-0.15, -0.1) is 0 Å². The van der Waals surface area contributed by atoms with E-state index in [0.717, 1.165) is 5.56 Å². The number of nitrogens with one attached hydrogen (secondary N) is 2. The second-order valence-electron chi connectivity index (χ2n) is 7.18. The van der Waals surface area contributed by atoms with E-state index >= 15 is 0 Å². The molecule has 2 amide bonds. The first-order valence-corrected chi connectivity index (χ1v) is 9.72. The number of hydrogen-bond donors (Lipinski definition) is 2. The predicted molar refractivity (Wildman–Crippen MR) is 110 cm³/mol. The van der Waals surface area contributed by atoms with Crippen LogP contribution >= 0.6 is 11.6 Å². The summed E-state index contributed by atoms with van der Waals surface area (Å²) in [6, 6.07) is 14.4. The molecule has 1 fully saturated rings. The maximum atomic E-state index is 12.5. The Morgan fingerprint density at radius 3 is 2.07 bits per heavy atom. The molecule has 144 valence electrons. The standard InChI is InChI=1S/C22H22ClN3O2/c1-14-5-10-19(12-20(14)23)26-22(28)17-8-6-16(7-9-17)21(27)25-18-4-2-3-15(11-18)13-24/h2-5,10-12,16-17H,6-9H2,1H3,(H,25,27)(H,26,28). The van der Waals surface area contributed by atoms with Gasteiger partial charge < -0.3 is 10.6 Å². The molecule has 0 aromatic heterocycles. The molecule has 2 aromatic carbocycles. The van der Waals surface area contributed by atoms with E-state index in [0.29, 0.717) is 47.6 Å². The average Bonchev–Trinajstić information content (AvgIpc) is 2.71. The van der Waals surface area contributed by atoms with Gasteiger partial charge >= 0.3 is 0 Å². The Balaban J connectivity index is 1.51. The zero-order valence-electron chi connectivity index (χ0n) is 15.7. The molecule has 1 saturated carbocycles. The molecule has 3 rings (SSSR count). The zero-order chi connectivity index (χ0) is 20.1. The van der Waals surface area contributed by atoms with Crippen molar-refractivity contribution in [2.45, 2.75) is 32.6 Å². The van der Waals surface area contributed by atoms with E-state index in [1.54, 1.807) is 30.3 Å². The third kappa shape index (κ3) is 4.90. The SMILES string of the molecule is Cc1ccc(NC(=O)C2CCC(C(=O)Nc3cccc(C#N)c3)CC2)cc1Cl. The van der Waals surface area contributed by atoms with Crippen molar-refractivity contribution in [1.82, 2.24) is 0 Å². The predicted octanol–water partition coefficient (Wildman–Crippen LogP) is 4.90. The molecule has 0 atom stereocenters. The second-order valence-corrected chi connectivity index (χ2v) is 7.59. The highest BCUT2D eigenvalue weighted by atomic mass is 35.5. The van der Waals surface area contributed by atoms with Crippen LogP contribution in [0.3, 0.4) is 0 Å². The maximum Gasteiger partial charge on any atom is 0.227 e. The first-order valence-electron chi connectivity index (χ1n) is 9.34. The van der Waals surface area contributed by atoms with Gasteiger partial charge in [-0.1, -0.05) is 23.7 Å². The first kappa shape index (κ1) is 19.9. The Labute approximate surface area is 169 Å². The Hall–Kier alpha value is -2.84. The molecule has 0 radical (unpaired) electrons. The molecule has 0 unspecified atom stereocenters. The number of rotatable bonds is 4. The van der Waals surface area contributed by atoms with Crippen molar-refractivity contribution >= 4 is 34.8 Å². The van der Waals surface area contributed by atoms with Gasteiger partial charge in [0.2, 0.25) is 11.8 Å². The number of benzene rings is 2. The van der Waals surface area contributed by atoms with Crippen LogP contribution in [0.4, 0.5) is 11.4 Å². The van der Waals surface area contributed by atoms with Gasteiger partial charge in [-0.2, -0.15) is 5.26 Å². The van der Waals surface area contributed by atoms with E-state index in [1.807, 2.05) is 19.1 Å². The van der Waals surface area contributed by atoms with Gasteiger partial charge in [-0.3, -0.25) is 9.59 Å². The smallest absolute Gasteiger partial charge is 0.227 e. The van der Waals surface area contributed by atoms with Crippen LogP contribution < -0.4 is 10.6 Å². The summed E-state index contributed by atoms with van der Waals surface area (Å²) in [7, 11) is 0. The highest BCUT2D eigenvalue weighted by molar-refractivity contribution is 6.31. The molecule has 28 heavy (non-hydrogen) atoms. The lowest BCUT2D eigenvalue weighted by atomic mass is 9.81. The number of anilines is 2. The van der Waals surface area contributed by atoms with Crippen molar-refractivity contribution in [2.24, 2.45) is 11.8 Å². The molecule has 0 aliphatic heterocycles. The summed E-state index contributed by atoms with van der Waals surface area (Å²) >= 11 is 6.11. The van der Waals surface area contributed by atoms with Crippen molar-refractivity contribution in [3.05, 3.63) is 58.6 Å². The molecule has 0 heterocycles. The maximum absolute atomic E-state index is 12.5. The first-order chi connectivity index (χ1) is 13.5. The van der Waals surface area contributed by atoms with E-state index in [-0.39, 0.29) is 23.7 Å². The van der Waals surface area contributed by atoms with Gasteiger partial charge in [-0.05, 0) is 68.5 Å². The molecule has 0 bridgehead atoms. The zero-order valence-corrected chi connectivity index (χ0v) is 16.4. The fourth-order valence-corrected chi connectivity index (χ4v) is 3.62. The summed E-state index contributed by atoms with van der Waals surface area (Å²) in [5.41, 5.74) is 2.79. The summed E-state index contributed by atoms with van der Waals surface area (Å²) in [5, 5.41) is 15.4. The summed E-state index contributed by atoms with van der Waals surface area (Å²) in [5.74, 6) is -0.311. The number of amides is 2. The van der Waals surface area contributed by atoms with Crippen LogP contribution in [-0.2, 0) is 9.59 Å². The summed E-state index contributed by atoms with van der Waals surface area (Å²) in [4.78, 5) is 25.0. The van der Waals surface area contributed by atoms with Crippen LogP contribution in [0.2, 0.25) is 5.02 Å². The third-order valence-corrected chi connectivity index (χ3v) is 5.57. The van der Waals surface area contributed by atoms with Crippen molar-refractivity contribution in [2.75, 3.05) is 10.6 Å². The molecule has 2 N–H and O–H groups in total. The highest BCUT2D eigenvalue weighted by Gasteiger charge is 2.30. The van der Waals surface area contributed by atoms with Crippen LogP contribution in [0.5, 0.6) is 0 Å². The van der Waals surface area contributed by atoms with E-state index in [2.05, 4.69) is 16.7 Å². The van der Waals surface area contributed by atoms with E-state index in [4.69, 9.17) is 16.9 Å². The van der Waals surface area contributed by atoms with E-state index in [9.17, 15) is 9.59 Å². The fourth-order valence-electron chi connectivity index (χ4n) is 3.44. The van der Waals surface area contributed by atoms with Gasteiger partial charge in [0.1, 0.15) is 0 Å². The largest absolute Gasteiger partial charge is 0.326 e. The topological polar surface area (TPSA) is 82.0 Å². The normalized spacial score (nSPS) is 18.8. The molecular weight excluding hydrogens is 374 g/mol. The molecule has 2 aromatic rings. The summed E-state index contributed by atoms with van der Waals surface area (Å²) in [6.07, 6.45) is 2.66. The number of aryl methyl sites for hydroxylation is 1. The van der Waals surface area contributed by atoms with Crippen LogP contribution in [0.1, 0.15) is 36.8 Å². The lowest BCUT2D eigenvalue weighted by molar-refractivity contribution is -0.125. The average molecular weight is 396 g/mol. The minimum Gasteiger partial charge on any atom is -0.326 e. The number of nitriles is 1. The third-order valence-electron chi connectivity index (χ3n) is 5.17. The molecule has 6 heteroatoms. The Kier molecular flexibility index (Phi) is 6.33. The highest BCUT2D eigenvalue weighted by Crippen LogP contribution is 2.31. The summed E-state index contributed by atoms with van der Waals surface area (Å²) < 4.78 is 0. The molecular formula is C22H22ClN3O2. The molecule has 0 saturated heterocycles. The van der Waals surface area contributed by atoms with Crippen molar-refractivity contribution in [3.63, 3.8) is 0 Å². The summed E-state index contributed by atoms with van der Waals surface area (Å²) in [6.45, 7) is 1.91. The van der Waals surface area contributed by atoms with Gasteiger partial charge in [0.05, 0.1) is 11.6 Å². The van der Waals surface area contributed by atoms with Gasteiger partial charge in [0.15, 0.2) is 0 Å². The van der Waals surface area contributed by atoms with Crippen molar-refractivity contribution in [1.29, 1.82) is 5.26 Å². The van der Waals surface area contributed by atoms with Crippen LogP contribution in [0.25, 0.3) is 0 Å². The molecule has 1 aliphatic rings. The van der Waals surface area contributed by atoms with Gasteiger partial charge in [0.25, 0.3) is 0 Å². The monoisotopic (exact) mass is 395 g/mol. The quantitative estimate of drug-likeness (QED) is 0.772. The molecule has 5 nitrogen and oxygen atoms in total. The van der Waals surface area contributed by atoms with Gasteiger partial charge in [0, 0.05) is 28.2 Å². The lowest BCUT2D eigenvalue weighted by Crippen LogP contribution is -2.32. The minimum atomic E-state index is -0.122. The number of carbonyl (C=O) groups excluding carboxylic acids is 2. The number of hydrogen-bond acceptors (Lipinski definition) is 3. The Morgan fingerprint density at radius 2 is 1.54 bits per heavy atom.